The molecule has 0 fully saturated rings. The lowest BCUT2D eigenvalue weighted by atomic mass is 10.2. The SMILES string of the molecule is CC(C)Nc1nn(Cc2ccccc2)cc1C(=O)O. The molecule has 0 aliphatic carbocycles. The summed E-state index contributed by atoms with van der Waals surface area (Å²) in [5, 5.41) is 16.5. The van der Waals surface area contributed by atoms with Crippen LogP contribution in [-0.4, -0.2) is 26.9 Å². The summed E-state index contributed by atoms with van der Waals surface area (Å²) < 4.78 is 1.64. The lowest BCUT2D eigenvalue weighted by Crippen LogP contribution is -2.13. The molecule has 2 rings (SSSR count). The molecule has 0 amide bonds. The molecule has 0 spiro atoms. The number of benzene rings is 1. The largest absolute Gasteiger partial charge is 0.477 e. The fourth-order valence-corrected chi connectivity index (χ4v) is 1.81. The van der Waals surface area contributed by atoms with Gasteiger partial charge < -0.3 is 10.4 Å². The Balaban J connectivity index is 2.25. The smallest absolute Gasteiger partial charge is 0.341 e. The van der Waals surface area contributed by atoms with E-state index in [9.17, 15) is 4.79 Å². The second-order valence-corrected chi connectivity index (χ2v) is 4.68. The van der Waals surface area contributed by atoms with Gasteiger partial charge in [-0.15, -0.1) is 0 Å². The molecular weight excluding hydrogens is 242 g/mol. The van der Waals surface area contributed by atoms with E-state index in [1.54, 1.807) is 10.9 Å². The number of anilines is 1. The lowest BCUT2D eigenvalue weighted by Gasteiger charge is -2.07. The molecule has 100 valence electrons. The molecule has 5 nitrogen and oxygen atoms in total. The molecule has 1 heterocycles. The minimum atomic E-state index is -0.970. The maximum atomic E-state index is 11.2. The van der Waals surface area contributed by atoms with E-state index in [2.05, 4.69) is 10.4 Å². The number of carboxylic acids is 1. The summed E-state index contributed by atoms with van der Waals surface area (Å²) in [6, 6.07) is 9.95. The third kappa shape index (κ3) is 3.34. The Morgan fingerprint density at radius 3 is 2.63 bits per heavy atom. The summed E-state index contributed by atoms with van der Waals surface area (Å²) in [6.45, 7) is 4.45. The van der Waals surface area contributed by atoms with Crippen LogP contribution in [0.3, 0.4) is 0 Å². The van der Waals surface area contributed by atoms with E-state index in [1.165, 1.54) is 0 Å². The van der Waals surface area contributed by atoms with Gasteiger partial charge in [-0.1, -0.05) is 30.3 Å². The van der Waals surface area contributed by atoms with Crippen molar-refractivity contribution in [1.29, 1.82) is 0 Å². The Hall–Kier alpha value is -2.30. The van der Waals surface area contributed by atoms with Crippen molar-refractivity contribution >= 4 is 11.8 Å². The van der Waals surface area contributed by atoms with Gasteiger partial charge in [0.05, 0.1) is 6.54 Å². The first-order valence-electron chi connectivity index (χ1n) is 6.17. The average molecular weight is 259 g/mol. The Morgan fingerprint density at radius 2 is 2.05 bits per heavy atom. The fourth-order valence-electron chi connectivity index (χ4n) is 1.81. The number of rotatable bonds is 5. The summed E-state index contributed by atoms with van der Waals surface area (Å²) in [6.07, 6.45) is 1.56. The van der Waals surface area contributed by atoms with Crippen LogP contribution in [0.25, 0.3) is 0 Å². The fraction of sp³-hybridized carbons (Fsp3) is 0.286. The molecule has 0 aliphatic rings. The molecule has 1 aromatic heterocycles. The van der Waals surface area contributed by atoms with Crippen LogP contribution >= 0.6 is 0 Å². The predicted molar refractivity (Wildman–Crippen MR) is 73.5 cm³/mol. The second kappa shape index (κ2) is 5.56. The third-order valence-corrected chi connectivity index (χ3v) is 2.60. The molecule has 0 radical (unpaired) electrons. The molecule has 2 aromatic rings. The van der Waals surface area contributed by atoms with Crippen molar-refractivity contribution in [3.63, 3.8) is 0 Å². The van der Waals surface area contributed by atoms with E-state index in [4.69, 9.17) is 5.11 Å². The zero-order valence-electron chi connectivity index (χ0n) is 11.0. The van der Waals surface area contributed by atoms with Crippen LogP contribution in [0.4, 0.5) is 5.82 Å². The van der Waals surface area contributed by atoms with Crippen LogP contribution in [0.2, 0.25) is 0 Å². The van der Waals surface area contributed by atoms with Crippen LogP contribution in [0, 0.1) is 0 Å². The van der Waals surface area contributed by atoms with Crippen molar-refractivity contribution < 1.29 is 9.90 Å². The second-order valence-electron chi connectivity index (χ2n) is 4.68. The van der Waals surface area contributed by atoms with Crippen molar-refractivity contribution in [1.82, 2.24) is 9.78 Å². The molecule has 0 aliphatic heterocycles. The first-order chi connectivity index (χ1) is 9.06. The van der Waals surface area contributed by atoms with Crippen LogP contribution in [0.5, 0.6) is 0 Å². The van der Waals surface area contributed by atoms with Crippen molar-refractivity contribution in [2.24, 2.45) is 0 Å². The number of carboxylic acid groups (broad SMARTS) is 1. The van der Waals surface area contributed by atoms with Gasteiger partial charge in [0.1, 0.15) is 5.56 Å². The molecule has 0 atom stereocenters. The first-order valence-corrected chi connectivity index (χ1v) is 6.17. The molecule has 5 heteroatoms. The monoisotopic (exact) mass is 259 g/mol. The van der Waals surface area contributed by atoms with Gasteiger partial charge in [0.2, 0.25) is 0 Å². The van der Waals surface area contributed by atoms with Gasteiger partial charge in [0.15, 0.2) is 5.82 Å². The van der Waals surface area contributed by atoms with Crippen molar-refractivity contribution in [3.8, 4) is 0 Å². The predicted octanol–water partition coefficient (Wildman–Crippen LogP) is 2.45. The van der Waals surface area contributed by atoms with Gasteiger partial charge in [-0.2, -0.15) is 5.10 Å². The van der Waals surface area contributed by atoms with Gasteiger partial charge in [-0.3, -0.25) is 4.68 Å². The minimum absolute atomic E-state index is 0.137. The summed E-state index contributed by atoms with van der Waals surface area (Å²) in [5.41, 5.74) is 1.28. The molecule has 1 aromatic carbocycles. The summed E-state index contributed by atoms with van der Waals surface area (Å²) in [5.74, 6) is -0.555. The maximum absolute atomic E-state index is 11.2. The molecule has 0 bridgehead atoms. The Kier molecular flexibility index (Phi) is 3.85. The number of nitrogens with one attached hydrogen (secondary N) is 1. The number of hydrogen-bond acceptors (Lipinski definition) is 3. The third-order valence-electron chi connectivity index (χ3n) is 2.60. The van der Waals surface area contributed by atoms with E-state index in [1.807, 2.05) is 44.2 Å². The zero-order chi connectivity index (χ0) is 13.8. The first kappa shape index (κ1) is 13.1. The van der Waals surface area contributed by atoms with Gasteiger partial charge in [0.25, 0.3) is 0 Å². The normalized spacial score (nSPS) is 10.7. The summed E-state index contributed by atoms with van der Waals surface area (Å²) in [4.78, 5) is 11.2. The lowest BCUT2D eigenvalue weighted by molar-refractivity contribution is 0.0698. The van der Waals surface area contributed by atoms with E-state index >= 15 is 0 Å². The Labute approximate surface area is 111 Å². The van der Waals surface area contributed by atoms with Crippen LogP contribution in [-0.2, 0) is 6.54 Å². The highest BCUT2D eigenvalue weighted by Gasteiger charge is 2.16. The zero-order valence-corrected chi connectivity index (χ0v) is 11.0. The highest BCUT2D eigenvalue weighted by Crippen LogP contribution is 2.15. The van der Waals surface area contributed by atoms with Crippen molar-refractivity contribution in [3.05, 3.63) is 47.7 Å². The summed E-state index contributed by atoms with van der Waals surface area (Å²) >= 11 is 0. The van der Waals surface area contributed by atoms with E-state index in [0.29, 0.717) is 12.4 Å². The van der Waals surface area contributed by atoms with Gasteiger partial charge in [-0.05, 0) is 19.4 Å². The van der Waals surface area contributed by atoms with E-state index in [0.717, 1.165) is 5.56 Å². The highest BCUT2D eigenvalue weighted by molar-refractivity contribution is 5.92. The molecule has 2 N–H and O–H groups in total. The number of aromatic carboxylic acids is 1. The molecule has 0 unspecified atom stereocenters. The molecule has 0 saturated carbocycles. The van der Waals surface area contributed by atoms with Gasteiger partial charge >= 0.3 is 5.97 Å². The quantitative estimate of drug-likeness (QED) is 0.865. The number of aromatic nitrogens is 2. The minimum Gasteiger partial charge on any atom is -0.477 e. The molecule has 19 heavy (non-hydrogen) atoms. The standard InChI is InChI=1S/C14H17N3O2/c1-10(2)15-13-12(14(18)19)9-17(16-13)8-11-6-4-3-5-7-11/h3-7,9-10H,8H2,1-2H3,(H,15,16)(H,18,19). The number of nitrogens with zero attached hydrogens (tertiary/aromatic N) is 2. The maximum Gasteiger partial charge on any atom is 0.341 e. The van der Waals surface area contributed by atoms with E-state index in [-0.39, 0.29) is 11.6 Å². The topological polar surface area (TPSA) is 67.2 Å². The number of hydrogen-bond donors (Lipinski definition) is 2. The van der Waals surface area contributed by atoms with Crippen molar-refractivity contribution in [2.45, 2.75) is 26.4 Å². The van der Waals surface area contributed by atoms with Crippen LogP contribution in [0.15, 0.2) is 36.5 Å². The highest BCUT2D eigenvalue weighted by atomic mass is 16.4. The Bertz CT molecular complexity index is 561. The number of carbonyl (C=O) groups is 1. The van der Waals surface area contributed by atoms with Crippen LogP contribution in [0.1, 0.15) is 29.8 Å². The van der Waals surface area contributed by atoms with Crippen LogP contribution < -0.4 is 5.32 Å². The van der Waals surface area contributed by atoms with Gasteiger partial charge in [-0.25, -0.2) is 4.79 Å². The average Bonchev–Trinajstić information content (AvgIpc) is 2.72. The molecule has 0 saturated heterocycles. The van der Waals surface area contributed by atoms with Gasteiger partial charge in [0, 0.05) is 12.2 Å². The molecular formula is C14H17N3O2. The van der Waals surface area contributed by atoms with Crippen molar-refractivity contribution in [2.75, 3.05) is 5.32 Å². The Morgan fingerprint density at radius 1 is 1.37 bits per heavy atom. The van der Waals surface area contributed by atoms with E-state index < -0.39 is 5.97 Å². The summed E-state index contributed by atoms with van der Waals surface area (Å²) in [7, 11) is 0.